The van der Waals surface area contributed by atoms with Gasteiger partial charge in [-0.3, -0.25) is 4.90 Å². The molecule has 0 aromatic carbocycles. The first-order valence-corrected chi connectivity index (χ1v) is 6.98. The molecule has 0 aliphatic carbocycles. The van der Waals surface area contributed by atoms with E-state index in [-0.39, 0.29) is 24.8 Å². The smallest absolute Gasteiger partial charge is 0.226 e. The first-order chi connectivity index (χ1) is 8.72. The van der Waals surface area contributed by atoms with E-state index < -0.39 is 0 Å². The van der Waals surface area contributed by atoms with Gasteiger partial charge in [-0.1, -0.05) is 19.0 Å². The van der Waals surface area contributed by atoms with Crippen LogP contribution in [-0.2, 0) is 13.0 Å². The molecule has 0 bridgehead atoms. The molecule has 0 radical (unpaired) electrons. The Labute approximate surface area is 132 Å². The molecule has 1 aromatic rings. The molecule has 1 aromatic heterocycles. The van der Waals surface area contributed by atoms with Crippen molar-refractivity contribution in [2.75, 3.05) is 19.6 Å². The van der Waals surface area contributed by atoms with E-state index in [9.17, 15) is 0 Å². The number of halogens is 2. The van der Waals surface area contributed by atoms with Gasteiger partial charge in [-0.25, -0.2) is 0 Å². The summed E-state index contributed by atoms with van der Waals surface area (Å²) < 4.78 is 5.29. The Bertz CT molecular complexity index is 413. The lowest BCUT2D eigenvalue weighted by atomic mass is 10.1. The van der Waals surface area contributed by atoms with Gasteiger partial charge in [0.1, 0.15) is 0 Å². The topological polar surface area (TPSA) is 54.2 Å². The summed E-state index contributed by atoms with van der Waals surface area (Å²) in [5.74, 6) is 3.01. The Morgan fingerprint density at radius 1 is 1.35 bits per heavy atom. The van der Waals surface area contributed by atoms with Crippen LogP contribution < -0.4 is 5.32 Å². The number of rotatable bonds is 4. The van der Waals surface area contributed by atoms with Crippen LogP contribution in [0.1, 0.15) is 32.0 Å². The quantitative estimate of drug-likeness (QED) is 0.917. The zero-order chi connectivity index (χ0) is 12.5. The Balaban J connectivity index is 0.000001000. The number of fused-ring (bicyclic) bond motifs is 1. The number of nitrogens with zero attached hydrogens (tertiary/aromatic N) is 3. The minimum atomic E-state index is 0. The molecule has 116 valence electrons. The Kier molecular flexibility index (Phi) is 6.72. The van der Waals surface area contributed by atoms with Gasteiger partial charge in [0.15, 0.2) is 5.82 Å². The van der Waals surface area contributed by atoms with E-state index in [4.69, 9.17) is 4.52 Å². The summed E-state index contributed by atoms with van der Waals surface area (Å²) >= 11 is 0. The van der Waals surface area contributed by atoms with Crippen LogP contribution in [0.3, 0.4) is 0 Å². The third-order valence-electron chi connectivity index (χ3n) is 4.00. The largest absolute Gasteiger partial charge is 0.339 e. The first-order valence-electron chi connectivity index (χ1n) is 6.98. The molecule has 2 fully saturated rings. The summed E-state index contributed by atoms with van der Waals surface area (Å²) in [4.78, 5) is 6.98. The molecule has 1 N–H and O–H groups in total. The lowest BCUT2D eigenvalue weighted by Crippen LogP contribution is -2.33. The second-order valence-corrected chi connectivity index (χ2v) is 5.95. The molecule has 5 nitrogen and oxygen atoms in total. The van der Waals surface area contributed by atoms with Crippen LogP contribution in [0.2, 0.25) is 0 Å². The van der Waals surface area contributed by atoms with Crippen LogP contribution in [0.15, 0.2) is 4.52 Å². The number of hydrogen-bond acceptors (Lipinski definition) is 5. The standard InChI is InChI=1S/C13H22N4O.2ClH/c1-9(2)5-13-15-12(16-18-13)8-17-4-3-10-6-14-7-11(10)17;;/h9-11,14H,3-8H2,1-2H3;2*1H/t10-,11+;;/m0../s1. The molecule has 2 saturated heterocycles. The van der Waals surface area contributed by atoms with E-state index in [1.807, 2.05) is 0 Å². The minimum absolute atomic E-state index is 0. The van der Waals surface area contributed by atoms with Gasteiger partial charge in [0, 0.05) is 19.0 Å². The summed E-state index contributed by atoms with van der Waals surface area (Å²) in [6.07, 6.45) is 2.18. The molecule has 20 heavy (non-hydrogen) atoms. The van der Waals surface area contributed by atoms with Gasteiger partial charge in [-0.15, -0.1) is 24.8 Å². The van der Waals surface area contributed by atoms with Gasteiger partial charge in [0.25, 0.3) is 0 Å². The zero-order valence-corrected chi connectivity index (χ0v) is 13.7. The van der Waals surface area contributed by atoms with E-state index in [2.05, 4.69) is 34.2 Å². The molecular formula is C13H24Cl2N4O. The number of aromatic nitrogens is 2. The van der Waals surface area contributed by atoms with Crippen molar-refractivity contribution >= 4 is 24.8 Å². The highest BCUT2D eigenvalue weighted by Gasteiger charge is 2.37. The van der Waals surface area contributed by atoms with Gasteiger partial charge < -0.3 is 9.84 Å². The predicted octanol–water partition coefficient (Wildman–Crippen LogP) is 1.91. The van der Waals surface area contributed by atoms with Gasteiger partial charge in [-0.05, 0) is 31.3 Å². The summed E-state index contributed by atoms with van der Waals surface area (Å²) in [5.41, 5.74) is 0. The fraction of sp³-hybridized carbons (Fsp3) is 0.846. The molecule has 2 aliphatic rings. The van der Waals surface area contributed by atoms with Crippen LogP contribution in [-0.4, -0.2) is 40.7 Å². The molecular weight excluding hydrogens is 299 g/mol. The van der Waals surface area contributed by atoms with Crippen LogP contribution in [0.5, 0.6) is 0 Å². The van der Waals surface area contributed by atoms with Gasteiger partial charge >= 0.3 is 0 Å². The van der Waals surface area contributed by atoms with Crippen molar-refractivity contribution in [1.29, 1.82) is 0 Å². The second-order valence-electron chi connectivity index (χ2n) is 5.95. The maximum absolute atomic E-state index is 5.29. The number of nitrogens with one attached hydrogen (secondary N) is 1. The summed E-state index contributed by atoms with van der Waals surface area (Å²) in [7, 11) is 0. The van der Waals surface area contributed by atoms with Crippen molar-refractivity contribution in [1.82, 2.24) is 20.4 Å². The minimum Gasteiger partial charge on any atom is -0.339 e. The normalized spacial score (nSPS) is 25.4. The van der Waals surface area contributed by atoms with E-state index in [1.165, 1.54) is 19.5 Å². The van der Waals surface area contributed by atoms with Crippen molar-refractivity contribution in [3.05, 3.63) is 11.7 Å². The number of likely N-dealkylation sites (tertiary alicyclic amines) is 1. The molecule has 0 saturated carbocycles. The molecule has 7 heteroatoms. The second kappa shape index (κ2) is 7.59. The van der Waals surface area contributed by atoms with Crippen LogP contribution in [0.25, 0.3) is 0 Å². The van der Waals surface area contributed by atoms with Crippen molar-refractivity contribution in [3.8, 4) is 0 Å². The highest BCUT2D eigenvalue weighted by Crippen LogP contribution is 2.27. The van der Waals surface area contributed by atoms with Crippen molar-refractivity contribution in [3.63, 3.8) is 0 Å². The predicted molar refractivity (Wildman–Crippen MR) is 82.5 cm³/mol. The van der Waals surface area contributed by atoms with E-state index in [1.54, 1.807) is 0 Å². The fourth-order valence-corrected chi connectivity index (χ4v) is 3.10. The maximum atomic E-state index is 5.29. The fourth-order valence-electron chi connectivity index (χ4n) is 3.10. The Morgan fingerprint density at radius 2 is 2.15 bits per heavy atom. The van der Waals surface area contributed by atoms with Crippen LogP contribution in [0, 0.1) is 11.8 Å². The molecule has 0 spiro atoms. The SMILES string of the molecule is CC(C)Cc1nc(CN2CC[C@H]3CNC[C@H]32)no1.Cl.Cl. The summed E-state index contributed by atoms with van der Waals surface area (Å²) in [6, 6.07) is 0.678. The van der Waals surface area contributed by atoms with E-state index in [0.717, 1.165) is 37.1 Å². The van der Waals surface area contributed by atoms with E-state index in [0.29, 0.717) is 12.0 Å². The number of hydrogen-bond donors (Lipinski definition) is 1. The van der Waals surface area contributed by atoms with Crippen LogP contribution >= 0.6 is 24.8 Å². The average molecular weight is 323 g/mol. The summed E-state index contributed by atoms with van der Waals surface area (Å²) in [5, 5.41) is 7.56. The zero-order valence-electron chi connectivity index (χ0n) is 12.0. The molecule has 0 unspecified atom stereocenters. The van der Waals surface area contributed by atoms with Crippen molar-refractivity contribution in [2.24, 2.45) is 11.8 Å². The monoisotopic (exact) mass is 322 g/mol. The Morgan fingerprint density at radius 3 is 2.90 bits per heavy atom. The highest BCUT2D eigenvalue weighted by molar-refractivity contribution is 5.85. The molecule has 2 aliphatic heterocycles. The molecule has 0 amide bonds. The van der Waals surface area contributed by atoms with Gasteiger partial charge in [0.05, 0.1) is 6.54 Å². The average Bonchev–Trinajstić information content (AvgIpc) is 2.96. The summed E-state index contributed by atoms with van der Waals surface area (Å²) in [6.45, 7) is 8.63. The molecule has 2 atom stereocenters. The third kappa shape index (κ3) is 3.85. The third-order valence-corrected chi connectivity index (χ3v) is 4.00. The van der Waals surface area contributed by atoms with Gasteiger partial charge in [0.2, 0.25) is 5.89 Å². The highest BCUT2D eigenvalue weighted by atomic mass is 35.5. The lowest BCUT2D eigenvalue weighted by Gasteiger charge is -2.20. The van der Waals surface area contributed by atoms with Crippen molar-refractivity contribution < 1.29 is 4.52 Å². The van der Waals surface area contributed by atoms with Gasteiger partial charge in [-0.2, -0.15) is 4.98 Å². The van der Waals surface area contributed by atoms with Crippen molar-refractivity contribution in [2.45, 2.75) is 39.3 Å². The van der Waals surface area contributed by atoms with Crippen LogP contribution in [0.4, 0.5) is 0 Å². The maximum Gasteiger partial charge on any atom is 0.226 e. The Hall–Kier alpha value is -0.360. The molecule has 3 rings (SSSR count). The first kappa shape index (κ1) is 17.7. The molecule has 3 heterocycles. The lowest BCUT2D eigenvalue weighted by molar-refractivity contribution is 0.234. The van der Waals surface area contributed by atoms with E-state index >= 15 is 0 Å².